The third kappa shape index (κ3) is 1.28. The molecule has 0 spiro atoms. The first-order chi connectivity index (χ1) is 6.53. The Morgan fingerprint density at radius 2 is 2.36 bits per heavy atom. The van der Waals surface area contributed by atoms with Gasteiger partial charge in [0, 0.05) is 25.0 Å². The van der Waals surface area contributed by atoms with Gasteiger partial charge in [0.2, 0.25) is 0 Å². The van der Waals surface area contributed by atoms with E-state index >= 15 is 0 Å². The summed E-state index contributed by atoms with van der Waals surface area (Å²) in [6.45, 7) is 6.45. The number of nitrogens with zero attached hydrogens (tertiary/aromatic N) is 1. The van der Waals surface area contributed by atoms with Crippen LogP contribution in [0.2, 0.25) is 0 Å². The van der Waals surface area contributed by atoms with E-state index in [0.29, 0.717) is 12.1 Å². The molecular weight excluding hydrogens is 178 g/mol. The van der Waals surface area contributed by atoms with Gasteiger partial charge in [-0.1, -0.05) is 24.6 Å². The van der Waals surface area contributed by atoms with Crippen LogP contribution in [-0.4, -0.2) is 35.6 Å². The topological polar surface area (TPSA) is 40.5 Å². The average molecular weight is 193 g/mol. The highest BCUT2D eigenvalue weighted by Gasteiger charge is 2.36. The Kier molecular flexibility index (Phi) is 2.00. The highest BCUT2D eigenvalue weighted by atomic mass is 16.4. The Morgan fingerprint density at radius 3 is 3.00 bits per heavy atom. The predicted molar refractivity (Wildman–Crippen MR) is 54.0 cm³/mol. The zero-order valence-electron chi connectivity index (χ0n) is 8.58. The Morgan fingerprint density at radius 1 is 1.64 bits per heavy atom. The quantitative estimate of drug-likeness (QED) is 0.638. The summed E-state index contributed by atoms with van der Waals surface area (Å²) < 4.78 is 0. The first-order valence-electron chi connectivity index (χ1n) is 4.86. The molecule has 2 rings (SSSR count). The number of fused-ring (bicyclic) bond motifs is 2. The lowest BCUT2D eigenvalue weighted by Gasteiger charge is -2.42. The minimum atomic E-state index is -0.770. The molecule has 2 aliphatic heterocycles. The minimum Gasteiger partial charge on any atom is -0.478 e. The molecule has 0 aromatic rings. The molecule has 2 heterocycles. The third-order valence-electron chi connectivity index (χ3n) is 3.35. The molecule has 1 N–H and O–H groups in total. The molecule has 3 heteroatoms. The molecule has 0 aromatic heterocycles. The summed E-state index contributed by atoms with van der Waals surface area (Å²) in [5, 5.41) is 9.07. The Bertz CT molecular complexity index is 343. The van der Waals surface area contributed by atoms with Gasteiger partial charge in [-0.05, 0) is 6.92 Å². The fourth-order valence-electron chi connectivity index (χ4n) is 2.32. The number of carboxylic acid groups (broad SMARTS) is 1. The fraction of sp³-hybridized carbons (Fsp3) is 0.545. The summed E-state index contributed by atoms with van der Waals surface area (Å²) >= 11 is 0. The molecule has 0 saturated carbocycles. The standard InChI is InChI=1S/C11H15NO2/c1-8-9(10(13)14)6-12-5-3-4-11(8,2)7-12/h3-4H,5-7H2,1-2H3,(H,13,14). The van der Waals surface area contributed by atoms with Crippen LogP contribution in [0, 0.1) is 5.41 Å². The molecule has 0 radical (unpaired) electrons. The van der Waals surface area contributed by atoms with Gasteiger partial charge in [-0.2, -0.15) is 0 Å². The van der Waals surface area contributed by atoms with Crippen LogP contribution in [0.4, 0.5) is 0 Å². The smallest absolute Gasteiger partial charge is 0.332 e. The minimum absolute atomic E-state index is 0.0653. The maximum atomic E-state index is 11.0. The van der Waals surface area contributed by atoms with Crippen molar-refractivity contribution in [3.05, 3.63) is 23.3 Å². The van der Waals surface area contributed by atoms with E-state index in [1.54, 1.807) is 0 Å². The summed E-state index contributed by atoms with van der Waals surface area (Å²) in [6.07, 6.45) is 4.27. The second-order valence-electron chi connectivity index (χ2n) is 4.40. The summed E-state index contributed by atoms with van der Waals surface area (Å²) in [5.41, 5.74) is 1.52. The van der Waals surface area contributed by atoms with E-state index in [1.807, 2.05) is 6.92 Å². The maximum Gasteiger partial charge on any atom is 0.332 e. The van der Waals surface area contributed by atoms with Gasteiger partial charge in [-0.15, -0.1) is 0 Å². The monoisotopic (exact) mass is 193 g/mol. The molecule has 2 unspecified atom stereocenters. The highest BCUT2D eigenvalue weighted by Crippen LogP contribution is 2.38. The molecule has 2 bridgehead atoms. The van der Waals surface area contributed by atoms with E-state index in [4.69, 9.17) is 5.11 Å². The zero-order valence-corrected chi connectivity index (χ0v) is 8.58. The summed E-state index contributed by atoms with van der Waals surface area (Å²) in [4.78, 5) is 13.2. The van der Waals surface area contributed by atoms with Gasteiger partial charge < -0.3 is 5.11 Å². The van der Waals surface area contributed by atoms with Crippen molar-refractivity contribution in [3.8, 4) is 0 Å². The number of carbonyl (C=O) groups is 1. The number of aliphatic carboxylic acids is 1. The van der Waals surface area contributed by atoms with Gasteiger partial charge in [0.05, 0.1) is 5.57 Å². The van der Waals surface area contributed by atoms with E-state index in [-0.39, 0.29) is 5.41 Å². The largest absolute Gasteiger partial charge is 0.478 e. The first-order valence-corrected chi connectivity index (χ1v) is 4.86. The molecule has 3 nitrogen and oxygen atoms in total. The number of hydrogen-bond donors (Lipinski definition) is 1. The normalized spacial score (nSPS) is 36.0. The predicted octanol–water partition coefficient (Wildman–Crippen LogP) is 1.28. The number of hydrogen-bond acceptors (Lipinski definition) is 2. The van der Waals surface area contributed by atoms with Crippen LogP contribution in [0.3, 0.4) is 0 Å². The van der Waals surface area contributed by atoms with E-state index < -0.39 is 5.97 Å². The van der Waals surface area contributed by atoms with E-state index in [1.165, 1.54) is 0 Å². The van der Waals surface area contributed by atoms with Crippen molar-refractivity contribution in [2.75, 3.05) is 19.6 Å². The van der Waals surface area contributed by atoms with E-state index in [0.717, 1.165) is 18.7 Å². The second kappa shape index (κ2) is 2.95. The van der Waals surface area contributed by atoms with Gasteiger partial charge >= 0.3 is 5.97 Å². The molecule has 0 fully saturated rings. The molecule has 76 valence electrons. The highest BCUT2D eigenvalue weighted by molar-refractivity contribution is 5.88. The second-order valence-corrected chi connectivity index (χ2v) is 4.40. The Balaban J connectivity index is 2.48. The van der Waals surface area contributed by atoms with Crippen LogP contribution in [0.5, 0.6) is 0 Å². The summed E-state index contributed by atoms with van der Waals surface area (Å²) in [5.74, 6) is -0.770. The molecule has 0 aromatic carbocycles. The molecule has 2 aliphatic rings. The van der Waals surface area contributed by atoms with Crippen LogP contribution in [0.25, 0.3) is 0 Å². The SMILES string of the molecule is CC1=C(C(=O)O)CN2CC=CC1(C)C2. The first kappa shape index (κ1) is 9.46. The lowest BCUT2D eigenvalue weighted by molar-refractivity contribution is -0.133. The van der Waals surface area contributed by atoms with E-state index in [9.17, 15) is 4.79 Å². The Labute approximate surface area is 83.7 Å². The third-order valence-corrected chi connectivity index (χ3v) is 3.35. The zero-order chi connectivity index (χ0) is 10.3. The van der Waals surface area contributed by atoms with Crippen molar-refractivity contribution >= 4 is 5.97 Å². The van der Waals surface area contributed by atoms with Crippen molar-refractivity contribution < 1.29 is 9.90 Å². The van der Waals surface area contributed by atoms with Crippen molar-refractivity contribution in [2.24, 2.45) is 5.41 Å². The van der Waals surface area contributed by atoms with Gasteiger partial charge in [0.1, 0.15) is 0 Å². The van der Waals surface area contributed by atoms with Crippen LogP contribution in [0.1, 0.15) is 13.8 Å². The summed E-state index contributed by atoms with van der Waals surface area (Å²) in [7, 11) is 0. The average Bonchev–Trinajstić information content (AvgIpc) is 2.11. The van der Waals surface area contributed by atoms with Gasteiger partial charge in [0.15, 0.2) is 0 Å². The molecular formula is C11H15NO2. The van der Waals surface area contributed by atoms with Crippen molar-refractivity contribution in [1.82, 2.24) is 4.90 Å². The van der Waals surface area contributed by atoms with Gasteiger partial charge in [0.25, 0.3) is 0 Å². The fourth-order valence-corrected chi connectivity index (χ4v) is 2.32. The van der Waals surface area contributed by atoms with Crippen LogP contribution in [0.15, 0.2) is 23.3 Å². The van der Waals surface area contributed by atoms with Crippen molar-refractivity contribution in [1.29, 1.82) is 0 Å². The lowest BCUT2D eigenvalue weighted by atomic mass is 9.75. The number of carboxylic acids is 1. The van der Waals surface area contributed by atoms with E-state index in [2.05, 4.69) is 24.0 Å². The molecule has 14 heavy (non-hydrogen) atoms. The molecule has 0 aliphatic carbocycles. The van der Waals surface area contributed by atoms with Gasteiger partial charge in [-0.3, -0.25) is 4.90 Å². The maximum absolute atomic E-state index is 11.0. The van der Waals surface area contributed by atoms with Crippen molar-refractivity contribution in [2.45, 2.75) is 13.8 Å². The van der Waals surface area contributed by atoms with Crippen LogP contribution in [-0.2, 0) is 4.79 Å². The van der Waals surface area contributed by atoms with Crippen molar-refractivity contribution in [3.63, 3.8) is 0 Å². The number of rotatable bonds is 1. The summed E-state index contributed by atoms with van der Waals surface area (Å²) in [6, 6.07) is 0. The van der Waals surface area contributed by atoms with Crippen LogP contribution < -0.4 is 0 Å². The molecule has 2 atom stereocenters. The molecule has 0 amide bonds. The Hall–Kier alpha value is -1.09. The van der Waals surface area contributed by atoms with Gasteiger partial charge in [-0.25, -0.2) is 4.79 Å². The lowest BCUT2D eigenvalue weighted by Crippen LogP contribution is -2.46. The molecule has 0 saturated heterocycles. The van der Waals surface area contributed by atoms with Crippen LogP contribution >= 0.6 is 0 Å².